The molecule has 0 unspecified atom stereocenters. The Hall–Kier alpha value is -3.00. The molecule has 4 rings (SSSR count). The van der Waals surface area contributed by atoms with Gasteiger partial charge in [0.05, 0.1) is 12.5 Å². The van der Waals surface area contributed by atoms with Crippen LogP contribution in [0.1, 0.15) is 60.1 Å². The number of hydrogen-bond donors (Lipinski definition) is 0. The van der Waals surface area contributed by atoms with E-state index in [9.17, 15) is 21.7 Å². The van der Waals surface area contributed by atoms with E-state index < -0.39 is 19.5 Å². The van der Waals surface area contributed by atoms with Crippen molar-refractivity contribution in [2.75, 3.05) is 31.6 Å². The second-order valence-corrected chi connectivity index (χ2v) is 15.7. The van der Waals surface area contributed by atoms with Crippen molar-refractivity contribution in [1.29, 1.82) is 0 Å². The third-order valence-electron chi connectivity index (χ3n) is 6.98. The standard InChI is InChI=1S/C30H35N2O2.2CH4.6FH.Sb/c1-6-31(7-2)24-16-12-22(13-17-24)14-19-27-30(3,4)29-25-11-9-8-10-23(25)15-18-26(29)32(27)21-20-28(33)34-5;;;;;;;;;/h8-19H,6-7,20-21H2,1-5H3;2*1H4;6*1H;/q+1;;;;;;;;;+5/p-6. The summed E-state index contributed by atoms with van der Waals surface area (Å²) in [4.78, 5) is 14.3. The Morgan fingerprint density at radius 3 is 1.98 bits per heavy atom. The van der Waals surface area contributed by atoms with Crippen molar-refractivity contribution in [3.8, 4) is 0 Å². The molecule has 3 aromatic carbocycles. The second-order valence-electron chi connectivity index (χ2n) is 10.2. The predicted octanol–water partition coefficient (Wildman–Crippen LogP) is 9.75. The number of esters is 1. The Balaban J connectivity index is 0.000000920. The molecule has 0 bridgehead atoms. The van der Waals surface area contributed by atoms with Crippen LogP contribution in [0.5, 0.6) is 0 Å². The maximum atomic E-state index is 12.0. The Labute approximate surface area is 253 Å². The Kier molecular flexibility index (Phi) is 11.8. The van der Waals surface area contributed by atoms with E-state index in [1.54, 1.807) is 0 Å². The summed E-state index contributed by atoms with van der Waals surface area (Å²) in [6.45, 7) is 11.5. The molecule has 0 saturated heterocycles. The summed E-state index contributed by atoms with van der Waals surface area (Å²) < 4.78 is 66.8. The first-order chi connectivity index (χ1) is 18.8. The van der Waals surface area contributed by atoms with Crippen LogP contribution in [0.15, 0.2) is 66.7 Å². The van der Waals surface area contributed by atoms with Crippen molar-refractivity contribution in [2.24, 2.45) is 0 Å². The summed E-state index contributed by atoms with van der Waals surface area (Å²) in [7, 11) is 1.45. The number of carbonyl (C=O) groups is 1. The third-order valence-corrected chi connectivity index (χ3v) is 6.98. The predicted molar refractivity (Wildman–Crippen MR) is 168 cm³/mol. The summed E-state index contributed by atoms with van der Waals surface area (Å²) in [5, 5.41) is 2.50. The molecule has 0 aromatic heterocycles. The van der Waals surface area contributed by atoms with Gasteiger partial charge in [0.1, 0.15) is 6.42 Å². The first kappa shape index (κ1) is 38.0. The molecule has 0 atom stereocenters. The van der Waals surface area contributed by atoms with Crippen LogP contribution in [0, 0.1) is 0 Å². The molecule has 0 spiro atoms. The molecule has 11 heteroatoms. The van der Waals surface area contributed by atoms with Gasteiger partial charge in [-0.05, 0) is 68.3 Å². The zero-order valence-electron chi connectivity index (χ0n) is 23.7. The van der Waals surface area contributed by atoms with Crippen LogP contribution in [0.4, 0.5) is 28.3 Å². The molecule has 4 nitrogen and oxygen atoms in total. The SMILES string of the molecule is C.C.CCN(CC)c1ccc(/C=C/C2=[N+](CCC(=O)OC)c3ccc4ccccc4c3C2(C)C)cc1.[F][Sb-]([F])([F])([F])([F])[F]. The molecule has 1 aliphatic heterocycles. The number of fused-ring (bicyclic) bond motifs is 3. The summed E-state index contributed by atoms with van der Waals surface area (Å²) in [5.41, 5.74) is 5.87. The van der Waals surface area contributed by atoms with Crippen molar-refractivity contribution in [3.63, 3.8) is 0 Å². The molecule has 1 heterocycles. The average Bonchev–Trinajstić information content (AvgIpc) is 3.11. The first-order valence-electron chi connectivity index (χ1n) is 13.2. The Morgan fingerprint density at radius 1 is 0.884 bits per heavy atom. The van der Waals surface area contributed by atoms with Gasteiger partial charge in [0.2, 0.25) is 5.69 Å². The van der Waals surface area contributed by atoms with Crippen molar-refractivity contribution in [1.82, 2.24) is 0 Å². The van der Waals surface area contributed by atoms with Gasteiger partial charge in [-0.1, -0.05) is 51.3 Å². The maximum absolute atomic E-state index is 12.0. The van der Waals surface area contributed by atoms with Gasteiger partial charge >= 0.3 is 42.3 Å². The number of methoxy groups -OCH3 is 1. The number of ether oxygens (including phenoxy) is 1. The summed E-state index contributed by atoms with van der Waals surface area (Å²) in [5.74, 6) is -0.192. The molecule has 240 valence electrons. The van der Waals surface area contributed by atoms with Gasteiger partial charge in [0.15, 0.2) is 12.3 Å². The first-order valence-corrected chi connectivity index (χ1v) is 19.0. The minimum atomic E-state index is -11.2. The van der Waals surface area contributed by atoms with Crippen molar-refractivity contribution in [2.45, 2.75) is 54.4 Å². The van der Waals surface area contributed by atoms with Crippen LogP contribution in [0.3, 0.4) is 0 Å². The summed E-state index contributed by atoms with van der Waals surface area (Å²) in [6.07, 6.45) is 4.75. The zero-order valence-corrected chi connectivity index (χ0v) is 26.2. The quantitative estimate of drug-likeness (QED) is 0.101. The molecule has 0 amide bonds. The summed E-state index contributed by atoms with van der Waals surface area (Å²) >= 11 is -11.2. The molecular formula is C32H43F6N2O2Sb. The van der Waals surface area contributed by atoms with Gasteiger partial charge in [-0.15, -0.1) is 0 Å². The minimum absolute atomic E-state index is 0. The molecule has 43 heavy (non-hydrogen) atoms. The molecule has 1 aliphatic rings. The Bertz CT molecular complexity index is 1470. The van der Waals surface area contributed by atoms with Gasteiger partial charge < -0.3 is 9.64 Å². The number of rotatable bonds is 8. The topological polar surface area (TPSA) is 32.5 Å². The van der Waals surface area contributed by atoms with Crippen LogP contribution in [0.2, 0.25) is 0 Å². The number of nitrogens with zero attached hydrogens (tertiary/aromatic N) is 2. The van der Waals surface area contributed by atoms with Crippen LogP contribution in [-0.4, -0.2) is 62.5 Å². The molecule has 0 aliphatic carbocycles. The fourth-order valence-electron chi connectivity index (χ4n) is 5.14. The third kappa shape index (κ3) is 10.6. The van der Waals surface area contributed by atoms with Crippen molar-refractivity contribution < 1.29 is 31.0 Å². The number of halogens is 6. The van der Waals surface area contributed by atoms with E-state index in [-0.39, 0.29) is 26.2 Å². The van der Waals surface area contributed by atoms with Gasteiger partial charge in [-0.3, -0.25) is 4.79 Å². The number of allylic oxidation sites excluding steroid dienone is 1. The molecule has 0 saturated carbocycles. The van der Waals surface area contributed by atoms with E-state index in [0.717, 1.165) is 18.7 Å². The van der Waals surface area contributed by atoms with E-state index >= 15 is 0 Å². The normalized spacial score (nSPS) is 15.3. The van der Waals surface area contributed by atoms with Crippen molar-refractivity contribution in [3.05, 3.63) is 77.9 Å². The van der Waals surface area contributed by atoms with Gasteiger partial charge in [0, 0.05) is 36.5 Å². The van der Waals surface area contributed by atoms with Crippen LogP contribution >= 0.6 is 0 Å². The van der Waals surface area contributed by atoms with Crippen LogP contribution < -0.4 is 4.90 Å². The van der Waals surface area contributed by atoms with E-state index in [1.165, 1.54) is 40.5 Å². The monoisotopic (exact) mass is 722 g/mol. The fraction of sp³-hybridized carbons (Fsp3) is 0.375. The van der Waals surface area contributed by atoms with Gasteiger partial charge in [-0.25, -0.2) is 0 Å². The Morgan fingerprint density at radius 2 is 1.44 bits per heavy atom. The fourth-order valence-corrected chi connectivity index (χ4v) is 5.14. The summed E-state index contributed by atoms with van der Waals surface area (Å²) in [6, 6.07) is 21.6. The molecule has 0 radical (unpaired) electrons. The molecule has 3 aromatic rings. The van der Waals surface area contributed by atoms with Crippen LogP contribution in [-0.2, 0) is 14.9 Å². The van der Waals surface area contributed by atoms with E-state index in [2.05, 4.69) is 110 Å². The number of anilines is 1. The van der Waals surface area contributed by atoms with Crippen molar-refractivity contribution >= 4 is 59.4 Å². The average molecular weight is 723 g/mol. The number of hydrogen-bond acceptors (Lipinski definition) is 3. The molecule has 0 fully saturated rings. The zero-order chi connectivity index (χ0) is 30.7. The van der Waals surface area contributed by atoms with E-state index in [0.29, 0.717) is 13.0 Å². The number of carbonyl (C=O) groups excluding carboxylic acids is 1. The second kappa shape index (κ2) is 13.3. The number of benzene rings is 3. The van der Waals surface area contributed by atoms with E-state index in [1.807, 2.05) is 0 Å². The van der Waals surface area contributed by atoms with Gasteiger partial charge in [-0.2, -0.15) is 4.58 Å². The van der Waals surface area contributed by atoms with E-state index in [4.69, 9.17) is 4.74 Å². The van der Waals surface area contributed by atoms with Gasteiger partial charge in [0.25, 0.3) is 0 Å². The van der Waals surface area contributed by atoms with Crippen LogP contribution in [0.25, 0.3) is 16.8 Å². The molecular weight excluding hydrogens is 680 g/mol. The molecule has 0 N–H and O–H groups in total.